The normalized spacial score (nSPS) is 14.1. The monoisotopic (exact) mass is 1440 g/mol. The fourth-order valence-corrected chi connectivity index (χ4v) is 13.7. The number of aliphatic hydroxyl groups excluding tert-OH is 1. The summed E-state index contributed by atoms with van der Waals surface area (Å²) < 4.78 is 68.6. The molecule has 5 atom stereocenters. The molecule has 0 bridgehead atoms. The minimum Gasteiger partial charge on any atom is -0.462 e. The molecule has 0 rings (SSSR count). The molecule has 0 fully saturated rings. The Labute approximate surface area is 600 Å². The van der Waals surface area contributed by atoms with E-state index in [9.17, 15) is 43.2 Å². The number of hydrogen-bond acceptors (Lipinski definition) is 15. The van der Waals surface area contributed by atoms with Crippen LogP contribution in [-0.2, 0) is 65.4 Å². The first-order valence-corrected chi connectivity index (χ1v) is 43.7. The number of phosphoric acid groups is 2. The van der Waals surface area contributed by atoms with Gasteiger partial charge in [0.05, 0.1) is 26.4 Å². The van der Waals surface area contributed by atoms with E-state index < -0.39 is 97.5 Å². The van der Waals surface area contributed by atoms with Gasteiger partial charge in [0.1, 0.15) is 19.3 Å². The van der Waals surface area contributed by atoms with Gasteiger partial charge < -0.3 is 33.8 Å². The number of rotatable bonds is 76. The first-order valence-electron chi connectivity index (χ1n) is 40.7. The van der Waals surface area contributed by atoms with E-state index in [2.05, 4.69) is 55.4 Å². The topological polar surface area (TPSA) is 237 Å². The second-order valence-corrected chi connectivity index (χ2v) is 33.3. The molecule has 0 aliphatic heterocycles. The molecule has 98 heavy (non-hydrogen) atoms. The first kappa shape index (κ1) is 96.1. The van der Waals surface area contributed by atoms with Gasteiger partial charge in [-0.25, -0.2) is 9.13 Å². The summed E-state index contributed by atoms with van der Waals surface area (Å²) in [5.74, 6) is 0.936. The summed E-state index contributed by atoms with van der Waals surface area (Å²) in [5.41, 5.74) is 0. The van der Waals surface area contributed by atoms with Crippen molar-refractivity contribution in [2.45, 2.75) is 420 Å². The van der Waals surface area contributed by atoms with Crippen molar-refractivity contribution in [2.24, 2.45) is 23.7 Å². The average Bonchev–Trinajstić information content (AvgIpc) is 0.978. The van der Waals surface area contributed by atoms with E-state index in [1.165, 1.54) is 199 Å². The lowest BCUT2D eigenvalue weighted by atomic mass is 10.0. The lowest BCUT2D eigenvalue weighted by molar-refractivity contribution is -0.161. The maximum Gasteiger partial charge on any atom is 0.472 e. The molecular formula is C79H154O17P2. The van der Waals surface area contributed by atoms with Gasteiger partial charge >= 0.3 is 39.5 Å². The summed E-state index contributed by atoms with van der Waals surface area (Å²) in [6, 6.07) is 0. The Kier molecular flexibility index (Phi) is 66.8. The van der Waals surface area contributed by atoms with Crippen LogP contribution in [-0.4, -0.2) is 96.7 Å². The van der Waals surface area contributed by atoms with Gasteiger partial charge in [0.2, 0.25) is 0 Å². The molecule has 0 saturated heterocycles. The molecule has 0 heterocycles. The Balaban J connectivity index is 5.22. The van der Waals surface area contributed by atoms with Crippen LogP contribution >= 0.6 is 15.6 Å². The molecule has 0 aromatic heterocycles. The zero-order valence-electron chi connectivity index (χ0n) is 64.4. The summed E-state index contributed by atoms with van der Waals surface area (Å²) in [7, 11) is -9.92. The van der Waals surface area contributed by atoms with Gasteiger partial charge in [-0.3, -0.25) is 37.3 Å². The number of aliphatic hydroxyl groups is 1. The summed E-state index contributed by atoms with van der Waals surface area (Å²) in [6.07, 6.45) is 54.2. The molecule has 0 radical (unpaired) electrons. The lowest BCUT2D eigenvalue weighted by Crippen LogP contribution is -2.30. The molecule has 17 nitrogen and oxygen atoms in total. The molecule has 3 N–H and O–H groups in total. The predicted octanol–water partition coefficient (Wildman–Crippen LogP) is 23.2. The highest BCUT2D eigenvalue weighted by molar-refractivity contribution is 7.47. The smallest absolute Gasteiger partial charge is 0.462 e. The van der Waals surface area contributed by atoms with E-state index >= 15 is 0 Å². The van der Waals surface area contributed by atoms with Gasteiger partial charge in [0.15, 0.2) is 12.2 Å². The second kappa shape index (κ2) is 68.2. The molecular weight excluding hydrogens is 1280 g/mol. The molecule has 19 heteroatoms. The summed E-state index contributed by atoms with van der Waals surface area (Å²) in [5, 5.41) is 10.6. The zero-order valence-corrected chi connectivity index (χ0v) is 66.2. The third kappa shape index (κ3) is 72.4. The molecule has 0 aromatic rings. The van der Waals surface area contributed by atoms with Crippen molar-refractivity contribution in [2.75, 3.05) is 39.6 Å². The van der Waals surface area contributed by atoms with E-state index in [1.807, 2.05) is 0 Å². The number of carbonyl (C=O) groups is 4. The number of carbonyl (C=O) groups excluding carboxylic acids is 4. The van der Waals surface area contributed by atoms with E-state index in [0.29, 0.717) is 31.6 Å². The Morgan fingerprint density at radius 1 is 0.255 bits per heavy atom. The van der Waals surface area contributed by atoms with Crippen molar-refractivity contribution in [3.63, 3.8) is 0 Å². The maximum absolute atomic E-state index is 13.1. The van der Waals surface area contributed by atoms with Gasteiger partial charge in [-0.05, 0) is 49.4 Å². The Morgan fingerprint density at radius 3 is 0.633 bits per heavy atom. The van der Waals surface area contributed by atoms with Crippen LogP contribution in [0.1, 0.15) is 402 Å². The Bertz CT molecular complexity index is 1920. The van der Waals surface area contributed by atoms with E-state index in [0.717, 1.165) is 114 Å². The third-order valence-corrected chi connectivity index (χ3v) is 20.2. The van der Waals surface area contributed by atoms with Crippen LogP contribution in [0.15, 0.2) is 0 Å². The summed E-state index contributed by atoms with van der Waals surface area (Å²) in [4.78, 5) is 72.9. The zero-order chi connectivity index (χ0) is 72.4. The fourth-order valence-electron chi connectivity index (χ4n) is 12.1. The van der Waals surface area contributed by atoms with Crippen molar-refractivity contribution in [3.05, 3.63) is 0 Å². The molecule has 0 aliphatic carbocycles. The maximum atomic E-state index is 13.1. The number of unbranched alkanes of at least 4 members (excludes halogenated alkanes) is 42. The molecule has 0 aliphatic rings. The highest BCUT2D eigenvalue weighted by Gasteiger charge is 2.30. The largest absolute Gasteiger partial charge is 0.472 e. The van der Waals surface area contributed by atoms with Gasteiger partial charge in [-0.1, -0.05) is 351 Å². The van der Waals surface area contributed by atoms with Crippen LogP contribution in [0, 0.1) is 23.7 Å². The van der Waals surface area contributed by atoms with Gasteiger partial charge in [0.25, 0.3) is 0 Å². The van der Waals surface area contributed by atoms with Crippen LogP contribution in [0.4, 0.5) is 0 Å². The fraction of sp³-hybridized carbons (Fsp3) is 0.949. The SMILES string of the molecule is CC(C)CCCCCCCCCCCCCCCCCC(=O)O[C@H](COC(=O)CCCCCCCCCCCC(C)C)COP(=O)(O)OCC(O)COP(=O)(O)OC[C@@H](COC(=O)CCCCCCCCCC(C)C)OC(=O)CCCCCCCCCCCCCCCCCC(C)C. The van der Waals surface area contributed by atoms with Crippen LogP contribution in [0.5, 0.6) is 0 Å². The van der Waals surface area contributed by atoms with Gasteiger partial charge in [-0.2, -0.15) is 0 Å². The van der Waals surface area contributed by atoms with Crippen LogP contribution in [0.3, 0.4) is 0 Å². The standard InChI is InChI=1S/C79H154O17P2/c1-69(2)55-47-39-31-24-19-15-11-9-13-17-21-27-36-45-53-61-78(83)95-74(65-89-76(81)59-51-43-35-29-23-26-33-41-49-57-71(5)6)67-93-97(85,86)91-63-73(80)64-92-98(87,88)94-68-75(66-90-77(82)60-52-44-38-30-34-42-50-58-72(7)8)96-79(84)62-54-46-37-28-22-18-14-10-12-16-20-25-32-40-48-56-70(3)4/h69-75,80H,9-68H2,1-8H3,(H,85,86)(H,87,88)/t73?,74-,75-/m1/s1. The van der Waals surface area contributed by atoms with E-state index in [4.69, 9.17) is 37.0 Å². The number of ether oxygens (including phenoxy) is 4. The van der Waals surface area contributed by atoms with Crippen molar-refractivity contribution >= 4 is 39.5 Å². The minimum absolute atomic E-state index is 0.107. The van der Waals surface area contributed by atoms with Crippen LogP contribution in [0.25, 0.3) is 0 Å². The highest BCUT2D eigenvalue weighted by atomic mass is 31.2. The number of hydrogen-bond donors (Lipinski definition) is 3. The van der Waals surface area contributed by atoms with Gasteiger partial charge in [0, 0.05) is 25.7 Å². The van der Waals surface area contributed by atoms with Crippen molar-refractivity contribution in [3.8, 4) is 0 Å². The molecule has 0 amide bonds. The number of phosphoric ester groups is 2. The minimum atomic E-state index is -4.96. The summed E-state index contributed by atoms with van der Waals surface area (Å²) in [6.45, 7) is 14.2. The molecule has 0 spiro atoms. The van der Waals surface area contributed by atoms with Crippen LogP contribution in [0.2, 0.25) is 0 Å². The summed E-state index contributed by atoms with van der Waals surface area (Å²) >= 11 is 0. The first-order chi connectivity index (χ1) is 47.1. The second-order valence-electron chi connectivity index (χ2n) is 30.4. The van der Waals surface area contributed by atoms with Crippen molar-refractivity contribution in [1.82, 2.24) is 0 Å². The molecule has 0 aromatic carbocycles. The average molecular weight is 1440 g/mol. The lowest BCUT2D eigenvalue weighted by Gasteiger charge is -2.21. The Hall–Kier alpha value is -1.94. The number of esters is 4. The quantitative estimate of drug-likeness (QED) is 0.0222. The van der Waals surface area contributed by atoms with E-state index in [-0.39, 0.29) is 25.7 Å². The molecule has 3 unspecified atom stereocenters. The molecule has 0 saturated carbocycles. The van der Waals surface area contributed by atoms with Crippen molar-refractivity contribution in [1.29, 1.82) is 0 Å². The van der Waals surface area contributed by atoms with Gasteiger partial charge in [-0.15, -0.1) is 0 Å². The third-order valence-electron chi connectivity index (χ3n) is 18.3. The predicted molar refractivity (Wildman–Crippen MR) is 400 cm³/mol. The van der Waals surface area contributed by atoms with Crippen LogP contribution < -0.4 is 0 Å². The van der Waals surface area contributed by atoms with E-state index in [1.54, 1.807) is 0 Å². The Morgan fingerprint density at radius 2 is 0.429 bits per heavy atom. The highest BCUT2D eigenvalue weighted by Crippen LogP contribution is 2.45. The van der Waals surface area contributed by atoms with Crippen molar-refractivity contribution < 1.29 is 80.2 Å². The molecule has 582 valence electrons.